The summed E-state index contributed by atoms with van der Waals surface area (Å²) in [6, 6.07) is 3.52. The van der Waals surface area contributed by atoms with Crippen LogP contribution in [0.1, 0.15) is 50.5 Å². The molecule has 1 fully saturated rings. The van der Waals surface area contributed by atoms with Crippen molar-refractivity contribution in [2.75, 3.05) is 18.4 Å². The van der Waals surface area contributed by atoms with E-state index in [0.29, 0.717) is 22.8 Å². The van der Waals surface area contributed by atoms with Crippen LogP contribution in [0.5, 0.6) is 0 Å². The predicted octanol–water partition coefficient (Wildman–Crippen LogP) is 2.46. The summed E-state index contributed by atoms with van der Waals surface area (Å²) in [6.07, 6.45) is 3.44. The van der Waals surface area contributed by atoms with Gasteiger partial charge in [-0.2, -0.15) is 0 Å². The first-order valence-electron chi connectivity index (χ1n) is 7.43. The number of rotatable bonds is 7. The lowest BCUT2D eigenvalue weighted by molar-refractivity contribution is 0.0934. The van der Waals surface area contributed by atoms with Gasteiger partial charge in [0.15, 0.2) is 5.69 Å². The molecule has 5 nitrogen and oxygen atoms in total. The summed E-state index contributed by atoms with van der Waals surface area (Å²) in [5, 5.41) is 14.1. The average molecular weight is 276 g/mol. The fraction of sp³-hybridized carbons (Fsp3) is 0.667. The third-order valence-electron chi connectivity index (χ3n) is 4.17. The lowest BCUT2D eigenvalue weighted by Crippen LogP contribution is -2.33. The summed E-state index contributed by atoms with van der Waals surface area (Å²) in [6.45, 7) is 8.11. The molecule has 2 rings (SSSR count). The van der Waals surface area contributed by atoms with E-state index in [4.69, 9.17) is 0 Å². The summed E-state index contributed by atoms with van der Waals surface area (Å²) in [5.41, 5.74) is 0.692. The quantitative estimate of drug-likeness (QED) is 0.803. The topological polar surface area (TPSA) is 66.9 Å². The minimum atomic E-state index is -0.133. The van der Waals surface area contributed by atoms with Crippen molar-refractivity contribution in [1.82, 2.24) is 15.5 Å². The van der Waals surface area contributed by atoms with Gasteiger partial charge in [-0.1, -0.05) is 20.8 Å². The van der Waals surface area contributed by atoms with Gasteiger partial charge in [-0.15, -0.1) is 10.2 Å². The van der Waals surface area contributed by atoms with Crippen molar-refractivity contribution < 1.29 is 4.79 Å². The third kappa shape index (κ3) is 3.46. The molecule has 2 N–H and O–H groups in total. The summed E-state index contributed by atoms with van der Waals surface area (Å²) >= 11 is 0. The standard InChI is InChI=1S/C15H24N4O/c1-4-9-16-13-6-5-12(18-19-13)14(20)17-10-15(7-8-15)11(2)3/h5-6,11H,4,7-10H2,1-3H3,(H,16,19)(H,17,20). The number of aromatic nitrogens is 2. The normalized spacial score (nSPS) is 16.0. The molecule has 1 aromatic rings. The van der Waals surface area contributed by atoms with E-state index in [0.717, 1.165) is 19.5 Å². The Labute approximate surface area is 120 Å². The van der Waals surface area contributed by atoms with Gasteiger partial charge in [-0.3, -0.25) is 4.79 Å². The highest BCUT2D eigenvalue weighted by molar-refractivity contribution is 5.92. The molecule has 1 aromatic heterocycles. The zero-order valence-electron chi connectivity index (χ0n) is 12.6. The fourth-order valence-electron chi connectivity index (χ4n) is 2.27. The lowest BCUT2D eigenvalue weighted by atomic mass is 9.92. The van der Waals surface area contributed by atoms with Gasteiger partial charge in [-0.25, -0.2) is 0 Å². The Morgan fingerprint density at radius 1 is 1.35 bits per heavy atom. The van der Waals surface area contributed by atoms with Crippen molar-refractivity contribution in [3.05, 3.63) is 17.8 Å². The van der Waals surface area contributed by atoms with Crippen molar-refractivity contribution in [3.63, 3.8) is 0 Å². The number of carbonyl (C=O) groups is 1. The van der Waals surface area contributed by atoms with E-state index >= 15 is 0 Å². The average Bonchev–Trinajstić information content (AvgIpc) is 3.24. The molecule has 1 heterocycles. The number of nitrogens with zero attached hydrogens (tertiary/aromatic N) is 2. The maximum Gasteiger partial charge on any atom is 0.271 e. The Bertz CT molecular complexity index is 451. The van der Waals surface area contributed by atoms with Crippen molar-refractivity contribution in [2.45, 2.75) is 40.0 Å². The van der Waals surface area contributed by atoms with E-state index in [9.17, 15) is 4.79 Å². The molecule has 1 aliphatic rings. The smallest absolute Gasteiger partial charge is 0.271 e. The Morgan fingerprint density at radius 3 is 2.60 bits per heavy atom. The van der Waals surface area contributed by atoms with Crippen molar-refractivity contribution >= 4 is 11.7 Å². The molecule has 1 aliphatic carbocycles. The van der Waals surface area contributed by atoms with Crippen LogP contribution in [0, 0.1) is 11.3 Å². The van der Waals surface area contributed by atoms with Gasteiger partial charge >= 0.3 is 0 Å². The monoisotopic (exact) mass is 276 g/mol. The zero-order chi connectivity index (χ0) is 14.6. The highest BCUT2D eigenvalue weighted by atomic mass is 16.1. The molecule has 0 unspecified atom stereocenters. The van der Waals surface area contributed by atoms with E-state index in [1.807, 2.05) is 0 Å². The molecular formula is C15H24N4O. The van der Waals surface area contributed by atoms with E-state index in [1.54, 1.807) is 12.1 Å². The van der Waals surface area contributed by atoms with E-state index in [-0.39, 0.29) is 5.91 Å². The minimum Gasteiger partial charge on any atom is -0.369 e. The lowest BCUT2D eigenvalue weighted by Gasteiger charge is -2.19. The van der Waals surface area contributed by atoms with Crippen LogP contribution in [0.15, 0.2) is 12.1 Å². The summed E-state index contributed by atoms with van der Waals surface area (Å²) < 4.78 is 0. The van der Waals surface area contributed by atoms with Crippen LogP contribution in [0.4, 0.5) is 5.82 Å². The van der Waals surface area contributed by atoms with Gasteiger partial charge in [-0.05, 0) is 42.7 Å². The van der Waals surface area contributed by atoms with Crippen LogP contribution in [0.2, 0.25) is 0 Å². The minimum absolute atomic E-state index is 0.133. The largest absolute Gasteiger partial charge is 0.369 e. The first-order valence-corrected chi connectivity index (χ1v) is 7.43. The van der Waals surface area contributed by atoms with Gasteiger partial charge in [0, 0.05) is 13.1 Å². The Balaban J connectivity index is 1.86. The van der Waals surface area contributed by atoms with E-state index in [2.05, 4.69) is 41.6 Å². The maximum absolute atomic E-state index is 12.0. The molecule has 0 aromatic carbocycles. The van der Waals surface area contributed by atoms with Crippen LogP contribution < -0.4 is 10.6 Å². The zero-order valence-corrected chi connectivity index (χ0v) is 12.6. The molecule has 1 amide bonds. The van der Waals surface area contributed by atoms with E-state index in [1.165, 1.54) is 12.8 Å². The second-order valence-electron chi connectivity index (χ2n) is 5.93. The molecule has 110 valence electrons. The molecule has 0 spiro atoms. The third-order valence-corrected chi connectivity index (χ3v) is 4.17. The molecule has 0 bridgehead atoms. The first kappa shape index (κ1) is 14.8. The van der Waals surface area contributed by atoms with Crippen molar-refractivity contribution in [3.8, 4) is 0 Å². The van der Waals surface area contributed by atoms with Crippen LogP contribution in [0.3, 0.4) is 0 Å². The Morgan fingerprint density at radius 2 is 2.10 bits per heavy atom. The van der Waals surface area contributed by atoms with Crippen molar-refractivity contribution in [1.29, 1.82) is 0 Å². The SMILES string of the molecule is CCCNc1ccc(C(=O)NCC2(C(C)C)CC2)nn1. The fourth-order valence-corrected chi connectivity index (χ4v) is 2.27. The summed E-state index contributed by atoms with van der Waals surface area (Å²) in [7, 11) is 0. The molecule has 0 radical (unpaired) electrons. The second kappa shape index (κ2) is 6.20. The molecule has 0 aliphatic heterocycles. The molecule has 20 heavy (non-hydrogen) atoms. The molecule has 5 heteroatoms. The van der Waals surface area contributed by atoms with Crippen LogP contribution >= 0.6 is 0 Å². The van der Waals surface area contributed by atoms with E-state index < -0.39 is 0 Å². The number of amides is 1. The first-order chi connectivity index (χ1) is 9.57. The second-order valence-corrected chi connectivity index (χ2v) is 5.93. The van der Waals surface area contributed by atoms with Gasteiger partial charge in [0.2, 0.25) is 0 Å². The molecular weight excluding hydrogens is 252 g/mol. The van der Waals surface area contributed by atoms with Gasteiger partial charge < -0.3 is 10.6 Å². The number of nitrogens with one attached hydrogen (secondary N) is 2. The highest BCUT2D eigenvalue weighted by Crippen LogP contribution is 2.51. The highest BCUT2D eigenvalue weighted by Gasteiger charge is 2.45. The molecule has 0 saturated heterocycles. The number of hydrogen-bond donors (Lipinski definition) is 2. The van der Waals surface area contributed by atoms with Crippen LogP contribution in [-0.2, 0) is 0 Å². The van der Waals surface area contributed by atoms with Crippen molar-refractivity contribution in [2.24, 2.45) is 11.3 Å². The molecule has 1 saturated carbocycles. The van der Waals surface area contributed by atoms with Crippen LogP contribution in [-0.4, -0.2) is 29.2 Å². The number of carbonyl (C=O) groups excluding carboxylic acids is 1. The van der Waals surface area contributed by atoms with Gasteiger partial charge in [0.25, 0.3) is 5.91 Å². The predicted molar refractivity (Wildman–Crippen MR) is 79.7 cm³/mol. The maximum atomic E-state index is 12.0. The van der Waals surface area contributed by atoms with Gasteiger partial charge in [0.05, 0.1) is 0 Å². The number of hydrogen-bond acceptors (Lipinski definition) is 4. The van der Waals surface area contributed by atoms with Crippen LogP contribution in [0.25, 0.3) is 0 Å². The van der Waals surface area contributed by atoms with Gasteiger partial charge in [0.1, 0.15) is 5.82 Å². The molecule has 0 atom stereocenters. The summed E-state index contributed by atoms with van der Waals surface area (Å²) in [5.74, 6) is 1.19. The Kier molecular flexibility index (Phi) is 4.57. The summed E-state index contributed by atoms with van der Waals surface area (Å²) in [4.78, 5) is 12.0. The Hall–Kier alpha value is -1.65. The number of anilines is 1.